The fourth-order valence-corrected chi connectivity index (χ4v) is 2.92. The normalized spacial score (nSPS) is 12.1. The van der Waals surface area contributed by atoms with Crippen molar-refractivity contribution in [1.82, 2.24) is 5.32 Å². The Bertz CT molecular complexity index is 660. The van der Waals surface area contributed by atoms with Gasteiger partial charge in [-0.05, 0) is 42.2 Å². The van der Waals surface area contributed by atoms with E-state index in [0.29, 0.717) is 24.3 Å². The molecule has 0 aromatic heterocycles. The number of fused-ring (bicyclic) bond motifs is 1. The van der Waals surface area contributed by atoms with Crippen molar-refractivity contribution in [1.29, 1.82) is 0 Å². The number of amides is 1. The van der Waals surface area contributed by atoms with E-state index < -0.39 is 6.10 Å². The molecule has 0 saturated heterocycles. The van der Waals surface area contributed by atoms with Crippen LogP contribution in [0, 0.1) is 0 Å². The second-order valence-electron chi connectivity index (χ2n) is 5.24. The second kappa shape index (κ2) is 8.79. The Labute approximate surface area is 141 Å². The highest BCUT2D eigenvalue weighted by atomic mass is 32.2. The molecule has 0 fully saturated rings. The molecule has 1 amide bonds. The maximum atomic E-state index is 12.6. The van der Waals surface area contributed by atoms with Gasteiger partial charge in [0.25, 0.3) is 5.91 Å². The van der Waals surface area contributed by atoms with Crippen molar-refractivity contribution in [2.45, 2.75) is 19.4 Å². The van der Waals surface area contributed by atoms with Gasteiger partial charge in [-0.25, -0.2) is 0 Å². The van der Waals surface area contributed by atoms with Crippen LogP contribution in [0.5, 0.6) is 5.75 Å². The predicted molar refractivity (Wildman–Crippen MR) is 96.5 cm³/mol. The van der Waals surface area contributed by atoms with Gasteiger partial charge >= 0.3 is 0 Å². The van der Waals surface area contributed by atoms with Crippen LogP contribution in [0.3, 0.4) is 0 Å². The van der Waals surface area contributed by atoms with E-state index in [-0.39, 0.29) is 12.5 Å². The molecular formula is C18H23NO3S. The van der Waals surface area contributed by atoms with Crippen LogP contribution in [0.4, 0.5) is 0 Å². The molecule has 4 nitrogen and oxygen atoms in total. The SMILES string of the molecule is CCOc1ccc2ccccc2c1C(=O)NCC(O)CCSC. The topological polar surface area (TPSA) is 58.6 Å². The zero-order chi connectivity index (χ0) is 16.7. The lowest BCUT2D eigenvalue weighted by atomic mass is 10.0. The Balaban J connectivity index is 2.22. The molecule has 0 aliphatic rings. The molecule has 0 radical (unpaired) electrons. The molecule has 0 spiro atoms. The summed E-state index contributed by atoms with van der Waals surface area (Å²) in [5, 5.41) is 14.6. The standard InChI is InChI=1S/C18H23NO3S/c1-3-22-16-9-8-13-6-4-5-7-15(13)17(16)18(21)19-12-14(20)10-11-23-2/h4-9,14,20H,3,10-12H2,1-2H3,(H,19,21). The molecule has 23 heavy (non-hydrogen) atoms. The Morgan fingerprint density at radius 2 is 2.09 bits per heavy atom. The third-order valence-corrected chi connectivity index (χ3v) is 4.22. The maximum Gasteiger partial charge on any atom is 0.255 e. The maximum absolute atomic E-state index is 12.6. The Kier molecular flexibility index (Phi) is 6.74. The summed E-state index contributed by atoms with van der Waals surface area (Å²) < 4.78 is 5.61. The molecule has 1 atom stereocenters. The first-order chi connectivity index (χ1) is 11.2. The van der Waals surface area contributed by atoms with E-state index in [2.05, 4.69) is 5.32 Å². The van der Waals surface area contributed by atoms with Crippen LogP contribution in [-0.2, 0) is 0 Å². The summed E-state index contributed by atoms with van der Waals surface area (Å²) in [6.45, 7) is 2.63. The number of thioether (sulfide) groups is 1. The van der Waals surface area contributed by atoms with Crippen LogP contribution in [0.2, 0.25) is 0 Å². The average Bonchev–Trinajstić information content (AvgIpc) is 2.57. The average molecular weight is 333 g/mol. The van der Waals surface area contributed by atoms with Crippen molar-refractivity contribution in [3.05, 3.63) is 42.0 Å². The minimum absolute atomic E-state index is 0.214. The van der Waals surface area contributed by atoms with Gasteiger partial charge in [0.2, 0.25) is 0 Å². The number of carbonyl (C=O) groups excluding carboxylic acids is 1. The van der Waals surface area contributed by atoms with Crippen LogP contribution >= 0.6 is 11.8 Å². The van der Waals surface area contributed by atoms with Gasteiger partial charge < -0.3 is 15.2 Å². The summed E-state index contributed by atoms with van der Waals surface area (Å²) in [7, 11) is 0. The summed E-state index contributed by atoms with van der Waals surface area (Å²) in [5.74, 6) is 1.23. The molecule has 2 aromatic rings. The smallest absolute Gasteiger partial charge is 0.255 e. The van der Waals surface area contributed by atoms with Gasteiger partial charge in [0.05, 0.1) is 18.3 Å². The van der Waals surface area contributed by atoms with Gasteiger partial charge in [-0.15, -0.1) is 0 Å². The number of hydrogen-bond donors (Lipinski definition) is 2. The molecule has 0 aliphatic carbocycles. The number of carbonyl (C=O) groups is 1. The minimum Gasteiger partial charge on any atom is -0.493 e. The zero-order valence-corrected chi connectivity index (χ0v) is 14.4. The number of hydrogen-bond acceptors (Lipinski definition) is 4. The van der Waals surface area contributed by atoms with E-state index in [1.54, 1.807) is 11.8 Å². The van der Waals surface area contributed by atoms with E-state index in [9.17, 15) is 9.90 Å². The highest BCUT2D eigenvalue weighted by Crippen LogP contribution is 2.28. The fraction of sp³-hybridized carbons (Fsp3) is 0.389. The molecule has 0 bridgehead atoms. The van der Waals surface area contributed by atoms with Crippen LogP contribution in [-0.4, -0.2) is 42.3 Å². The van der Waals surface area contributed by atoms with E-state index in [4.69, 9.17) is 4.74 Å². The summed E-state index contributed by atoms with van der Waals surface area (Å²) in [6.07, 6.45) is 2.13. The van der Waals surface area contributed by atoms with Gasteiger partial charge in [-0.3, -0.25) is 4.79 Å². The third kappa shape index (κ3) is 4.62. The van der Waals surface area contributed by atoms with Crippen molar-refractivity contribution in [3.8, 4) is 5.75 Å². The number of benzene rings is 2. The monoisotopic (exact) mass is 333 g/mol. The molecule has 2 N–H and O–H groups in total. The van der Waals surface area contributed by atoms with Gasteiger partial charge in [0.15, 0.2) is 0 Å². The van der Waals surface area contributed by atoms with Crippen LogP contribution in [0.25, 0.3) is 10.8 Å². The largest absolute Gasteiger partial charge is 0.493 e. The summed E-state index contributed by atoms with van der Waals surface area (Å²) in [6, 6.07) is 11.5. The van der Waals surface area contributed by atoms with Crippen molar-refractivity contribution in [2.75, 3.05) is 25.2 Å². The highest BCUT2D eigenvalue weighted by molar-refractivity contribution is 7.98. The minimum atomic E-state index is -0.531. The molecule has 0 heterocycles. The Hall–Kier alpha value is -1.72. The van der Waals surface area contributed by atoms with Crippen LogP contribution < -0.4 is 10.1 Å². The number of ether oxygens (including phenoxy) is 1. The lowest BCUT2D eigenvalue weighted by molar-refractivity contribution is 0.0912. The molecule has 0 aliphatic heterocycles. The molecular weight excluding hydrogens is 310 g/mol. The van der Waals surface area contributed by atoms with E-state index in [0.717, 1.165) is 16.5 Å². The lowest BCUT2D eigenvalue weighted by Gasteiger charge is -2.15. The molecule has 5 heteroatoms. The van der Waals surface area contributed by atoms with Gasteiger partial charge in [-0.1, -0.05) is 30.3 Å². The van der Waals surface area contributed by atoms with Crippen LogP contribution in [0.1, 0.15) is 23.7 Å². The molecule has 2 aromatic carbocycles. The summed E-state index contributed by atoms with van der Waals surface area (Å²) in [5.41, 5.74) is 0.530. The fourth-order valence-electron chi connectivity index (χ4n) is 2.42. The van der Waals surface area contributed by atoms with Crippen LogP contribution in [0.15, 0.2) is 36.4 Å². The molecule has 2 rings (SSSR count). The highest BCUT2D eigenvalue weighted by Gasteiger charge is 2.17. The van der Waals surface area contributed by atoms with E-state index in [1.807, 2.05) is 49.6 Å². The van der Waals surface area contributed by atoms with Gasteiger partial charge in [-0.2, -0.15) is 11.8 Å². The van der Waals surface area contributed by atoms with Gasteiger partial charge in [0.1, 0.15) is 5.75 Å². The number of aliphatic hydroxyl groups is 1. The quantitative estimate of drug-likeness (QED) is 0.779. The predicted octanol–water partition coefficient (Wildman–Crippen LogP) is 3.08. The van der Waals surface area contributed by atoms with Crippen molar-refractivity contribution in [3.63, 3.8) is 0 Å². The first-order valence-electron chi connectivity index (χ1n) is 7.77. The third-order valence-electron chi connectivity index (χ3n) is 3.57. The van der Waals surface area contributed by atoms with E-state index >= 15 is 0 Å². The molecule has 1 unspecified atom stereocenters. The first kappa shape index (κ1) is 17.6. The Morgan fingerprint density at radius 1 is 1.30 bits per heavy atom. The Morgan fingerprint density at radius 3 is 2.83 bits per heavy atom. The first-order valence-corrected chi connectivity index (χ1v) is 9.16. The summed E-state index contributed by atoms with van der Waals surface area (Å²) >= 11 is 1.68. The number of nitrogens with one attached hydrogen (secondary N) is 1. The van der Waals surface area contributed by atoms with Gasteiger partial charge in [0, 0.05) is 6.54 Å². The lowest BCUT2D eigenvalue weighted by Crippen LogP contribution is -2.32. The molecule has 124 valence electrons. The summed E-state index contributed by atoms with van der Waals surface area (Å²) in [4.78, 5) is 12.6. The van der Waals surface area contributed by atoms with Crippen molar-refractivity contribution >= 4 is 28.4 Å². The van der Waals surface area contributed by atoms with Crippen molar-refractivity contribution in [2.24, 2.45) is 0 Å². The number of aliphatic hydroxyl groups excluding tert-OH is 1. The number of rotatable bonds is 8. The van der Waals surface area contributed by atoms with E-state index in [1.165, 1.54) is 0 Å². The zero-order valence-electron chi connectivity index (χ0n) is 13.5. The molecule has 0 saturated carbocycles. The van der Waals surface area contributed by atoms with Crippen molar-refractivity contribution < 1.29 is 14.6 Å². The second-order valence-corrected chi connectivity index (χ2v) is 6.22.